The van der Waals surface area contributed by atoms with E-state index < -0.39 is 0 Å². The molecule has 3 nitrogen and oxygen atoms in total. The van der Waals surface area contributed by atoms with Crippen molar-refractivity contribution in [1.82, 2.24) is 10.3 Å². The minimum absolute atomic E-state index is 0.0781. The minimum Gasteiger partial charge on any atom is -0.390 e. The van der Waals surface area contributed by atoms with Crippen molar-refractivity contribution in [3.8, 4) is 0 Å². The smallest absolute Gasteiger partial charge is 0.0831 e. The fourth-order valence-electron chi connectivity index (χ4n) is 1.25. The molecule has 2 rings (SSSR count). The Labute approximate surface area is 64.1 Å². The van der Waals surface area contributed by atoms with E-state index in [4.69, 9.17) is 5.11 Å². The van der Waals surface area contributed by atoms with Crippen molar-refractivity contribution in [2.75, 3.05) is 6.54 Å². The lowest BCUT2D eigenvalue weighted by Crippen LogP contribution is -2.31. The van der Waals surface area contributed by atoms with Gasteiger partial charge in [-0.1, -0.05) is 6.08 Å². The van der Waals surface area contributed by atoms with Crippen LogP contribution < -0.4 is 15.9 Å². The zero-order chi connectivity index (χ0) is 7.68. The Bertz CT molecular complexity index is 330. The topological polar surface area (TPSA) is 48.0 Å². The number of hydrogen-bond donors (Lipinski definition) is 3. The molecule has 1 aromatic heterocycles. The van der Waals surface area contributed by atoms with E-state index in [1.165, 1.54) is 5.22 Å². The summed E-state index contributed by atoms with van der Waals surface area (Å²) in [5, 5.41) is 14.1. The van der Waals surface area contributed by atoms with Crippen LogP contribution in [0, 0.1) is 0 Å². The Morgan fingerprint density at radius 3 is 3.18 bits per heavy atom. The van der Waals surface area contributed by atoms with Gasteiger partial charge in [-0.2, -0.15) is 0 Å². The Morgan fingerprint density at radius 2 is 2.45 bits per heavy atom. The Kier molecular flexibility index (Phi) is 1.43. The van der Waals surface area contributed by atoms with E-state index in [0.29, 0.717) is 0 Å². The van der Waals surface area contributed by atoms with Gasteiger partial charge in [0.1, 0.15) is 0 Å². The first-order chi connectivity index (χ1) is 5.40. The zero-order valence-corrected chi connectivity index (χ0v) is 6.09. The number of H-pyrrole nitrogens is 1. The highest BCUT2D eigenvalue weighted by Crippen LogP contribution is 1.85. The number of rotatable bonds is 1. The molecule has 3 heteroatoms. The van der Waals surface area contributed by atoms with Crippen LogP contribution in [-0.2, 0) is 6.61 Å². The Balaban J connectivity index is 2.66. The van der Waals surface area contributed by atoms with Crippen molar-refractivity contribution in [2.24, 2.45) is 0 Å². The molecule has 0 unspecified atom stereocenters. The predicted molar refractivity (Wildman–Crippen MR) is 42.9 cm³/mol. The second-order valence-corrected chi connectivity index (χ2v) is 2.58. The molecule has 0 atom stereocenters. The number of aliphatic hydroxyl groups excluding tert-OH is 1. The molecule has 58 valence electrons. The molecule has 0 bridgehead atoms. The summed E-state index contributed by atoms with van der Waals surface area (Å²) in [6, 6.07) is 1.96. The van der Waals surface area contributed by atoms with Crippen molar-refractivity contribution >= 4 is 12.3 Å². The average Bonchev–Trinajstić information content (AvgIpc) is 2.46. The van der Waals surface area contributed by atoms with E-state index in [2.05, 4.69) is 16.4 Å². The number of fused-ring (bicyclic) bond motifs is 1. The van der Waals surface area contributed by atoms with Crippen LogP contribution in [0.15, 0.2) is 6.07 Å². The molecule has 1 aliphatic rings. The van der Waals surface area contributed by atoms with Gasteiger partial charge in [-0.05, 0) is 11.3 Å². The summed E-state index contributed by atoms with van der Waals surface area (Å²) in [5.74, 6) is 0. The summed E-state index contributed by atoms with van der Waals surface area (Å²) < 4.78 is 0. The molecular formula is C8H10N2O. The molecule has 2 heterocycles. The van der Waals surface area contributed by atoms with Gasteiger partial charge >= 0.3 is 0 Å². The third-order valence-corrected chi connectivity index (χ3v) is 1.79. The molecule has 1 aliphatic heterocycles. The van der Waals surface area contributed by atoms with Gasteiger partial charge in [-0.15, -0.1) is 0 Å². The van der Waals surface area contributed by atoms with Crippen molar-refractivity contribution < 1.29 is 5.11 Å². The second-order valence-electron chi connectivity index (χ2n) is 2.58. The monoisotopic (exact) mass is 150 g/mol. The maximum absolute atomic E-state index is 8.81. The second kappa shape index (κ2) is 2.43. The van der Waals surface area contributed by atoms with Gasteiger partial charge in [0.25, 0.3) is 0 Å². The standard InChI is InChI=1S/C8H10N2O/c11-5-7-3-6-1-2-9-4-8(6)10-7/h1,3-4,9-11H,2,5H2. The van der Waals surface area contributed by atoms with Crippen LogP contribution in [0.4, 0.5) is 0 Å². The van der Waals surface area contributed by atoms with Gasteiger partial charge in [0, 0.05) is 18.4 Å². The number of aliphatic hydroxyl groups is 1. The summed E-state index contributed by atoms with van der Waals surface area (Å²) >= 11 is 0. The lowest BCUT2D eigenvalue weighted by atomic mass is 10.3. The van der Waals surface area contributed by atoms with E-state index in [9.17, 15) is 0 Å². The van der Waals surface area contributed by atoms with Crippen molar-refractivity contribution in [2.45, 2.75) is 6.61 Å². The maximum atomic E-state index is 8.81. The molecule has 0 fully saturated rings. The van der Waals surface area contributed by atoms with E-state index >= 15 is 0 Å². The summed E-state index contributed by atoms with van der Waals surface area (Å²) in [4.78, 5) is 3.08. The maximum Gasteiger partial charge on any atom is 0.0831 e. The van der Waals surface area contributed by atoms with Gasteiger partial charge in [-0.3, -0.25) is 0 Å². The summed E-state index contributed by atoms with van der Waals surface area (Å²) in [5.41, 5.74) is 0.867. The van der Waals surface area contributed by atoms with Gasteiger partial charge in [0.05, 0.1) is 12.0 Å². The van der Waals surface area contributed by atoms with Gasteiger partial charge < -0.3 is 15.4 Å². The molecule has 1 aromatic rings. The van der Waals surface area contributed by atoms with Crippen LogP contribution in [0.25, 0.3) is 12.3 Å². The first-order valence-corrected chi connectivity index (χ1v) is 3.62. The lowest BCUT2D eigenvalue weighted by Gasteiger charge is -1.96. The third kappa shape index (κ3) is 1.03. The van der Waals surface area contributed by atoms with Crippen LogP contribution in [0.2, 0.25) is 0 Å². The van der Waals surface area contributed by atoms with Crippen LogP contribution in [-0.4, -0.2) is 16.6 Å². The van der Waals surface area contributed by atoms with Gasteiger partial charge in [0.15, 0.2) is 0 Å². The van der Waals surface area contributed by atoms with E-state index in [-0.39, 0.29) is 6.61 Å². The molecule has 0 radical (unpaired) electrons. The van der Waals surface area contributed by atoms with Crippen LogP contribution in [0.1, 0.15) is 5.69 Å². The highest BCUT2D eigenvalue weighted by molar-refractivity contribution is 5.36. The normalized spacial score (nSPS) is 14.3. The first-order valence-electron chi connectivity index (χ1n) is 3.62. The van der Waals surface area contributed by atoms with Crippen LogP contribution >= 0.6 is 0 Å². The number of hydrogen-bond acceptors (Lipinski definition) is 2. The number of aromatic amines is 1. The molecule has 11 heavy (non-hydrogen) atoms. The first kappa shape index (κ1) is 6.49. The molecule has 0 saturated carbocycles. The molecular weight excluding hydrogens is 140 g/mol. The minimum atomic E-state index is 0.0781. The van der Waals surface area contributed by atoms with Crippen molar-refractivity contribution in [3.05, 3.63) is 22.3 Å². The van der Waals surface area contributed by atoms with Gasteiger partial charge in [0.2, 0.25) is 0 Å². The zero-order valence-electron chi connectivity index (χ0n) is 6.09. The number of aromatic nitrogens is 1. The average molecular weight is 150 g/mol. The van der Waals surface area contributed by atoms with Crippen molar-refractivity contribution in [1.29, 1.82) is 0 Å². The summed E-state index contributed by atoms with van der Waals surface area (Å²) in [6.45, 7) is 0.949. The molecule has 0 aromatic carbocycles. The molecule has 0 saturated heterocycles. The van der Waals surface area contributed by atoms with E-state index in [1.807, 2.05) is 12.3 Å². The molecule has 3 N–H and O–H groups in total. The van der Waals surface area contributed by atoms with Crippen LogP contribution in [0.5, 0.6) is 0 Å². The fourth-order valence-corrected chi connectivity index (χ4v) is 1.25. The highest BCUT2D eigenvalue weighted by Gasteiger charge is 1.96. The lowest BCUT2D eigenvalue weighted by molar-refractivity contribution is 0.277. The SMILES string of the molecule is OCc1cc2c([nH]1)=CNCC=2. The molecule has 0 aliphatic carbocycles. The molecule has 0 amide bonds. The Morgan fingerprint density at radius 1 is 1.55 bits per heavy atom. The predicted octanol–water partition coefficient (Wildman–Crippen LogP) is -1.37. The fraction of sp³-hybridized carbons (Fsp3) is 0.250. The van der Waals surface area contributed by atoms with Crippen molar-refractivity contribution in [3.63, 3.8) is 0 Å². The van der Waals surface area contributed by atoms with E-state index in [0.717, 1.165) is 17.6 Å². The summed E-state index contributed by atoms with van der Waals surface area (Å²) in [7, 11) is 0. The molecule has 0 spiro atoms. The largest absolute Gasteiger partial charge is 0.390 e. The third-order valence-electron chi connectivity index (χ3n) is 1.79. The number of nitrogens with one attached hydrogen (secondary N) is 2. The van der Waals surface area contributed by atoms with Gasteiger partial charge in [-0.25, -0.2) is 0 Å². The summed E-state index contributed by atoms with van der Waals surface area (Å²) in [6.07, 6.45) is 4.01. The van der Waals surface area contributed by atoms with E-state index in [1.54, 1.807) is 0 Å². The Hall–Kier alpha value is -1.22. The van der Waals surface area contributed by atoms with Crippen LogP contribution in [0.3, 0.4) is 0 Å². The quantitative estimate of drug-likeness (QED) is 0.462. The highest BCUT2D eigenvalue weighted by atomic mass is 16.3.